The van der Waals surface area contributed by atoms with Crippen LogP contribution >= 0.6 is 23.4 Å². The number of hydrogen-bond acceptors (Lipinski definition) is 5. The first-order valence-corrected chi connectivity index (χ1v) is 7.81. The van der Waals surface area contributed by atoms with E-state index < -0.39 is 0 Å². The Morgan fingerprint density at radius 1 is 1.52 bits per heavy atom. The number of carbonyl (C=O) groups is 1. The molecule has 0 aliphatic carbocycles. The number of rotatable bonds is 6. The lowest BCUT2D eigenvalue weighted by Crippen LogP contribution is -2.12. The average Bonchev–Trinajstić information content (AvgIpc) is 2.84. The van der Waals surface area contributed by atoms with Gasteiger partial charge in [0.1, 0.15) is 6.26 Å². The van der Waals surface area contributed by atoms with Crippen molar-refractivity contribution < 1.29 is 9.21 Å². The van der Waals surface area contributed by atoms with Crippen LogP contribution in [0.3, 0.4) is 0 Å². The van der Waals surface area contributed by atoms with Crippen molar-refractivity contribution in [2.24, 2.45) is 0 Å². The van der Waals surface area contributed by atoms with E-state index >= 15 is 0 Å². The molecule has 0 aliphatic heterocycles. The second-order valence-corrected chi connectivity index (χ2v) is 5.97. The van der Waals surface area contributed by atoms with Gasteiger partial charge in [0, 0.05) is 17.2 Å². The molecule has 0 unspecified atom stereocenters. The summed E-state index contributed by atoms with van der Waals surface area (Å²) in [5, 5.41) is 3.95. The van der Waals surface area contributed by atoms with Gasteiger partial charge in [0.2, 0.25) is 5.91 Å². The summed E-state index contributed by atoms with van der Waals surface area (Å²) < 4.78 is 5.22. The lowest BCUT2D eigenvalue weighted by Gasteiger charge is -2.08. The average molecular weight is 326 g/mol. The number of nitrogens with zero attached hydrogens (tertiary/aromatic N) is 1. The standard InChI is InChI=1S/C14H16ClN3O2S/c1-9-8-20-14(17-9)21-6-2-3-13(19)18-12-5-4-10(15)7-11(12)16/h4-5,7-8H,2-3,6,16H2,1H3,(H,18,19). The number of thioether (sulfide) groups is 1. The van der Waals surface area contributed by atoms with Gasteiger partial charge in [-0.3, -0.25) is 4.79 Å². The third-order valence-electron chi connectivity index (χ3n) is 2.66. The summed E-state index contributed by atoms with van der Waals surface area (Å²) in [6.07, 6.45) is 2.75. The van der Waals surface area contributed by atoms with Crippen LogP contribution < -0.4 is 11.1 Å². The fourth-order valence-corrected chi connectivity index (χ4v) is 2.62. The van der Waals surface area contributed by atoms with E-state index in [1.54, 1.807) is 24.5 Å². The Morgan fingerprint density at radius 2 is 2.33 bits per heavy atom. The van der Waals surface area contributed by atoms with Crippen LogP contribution in [-0.2, 0) is 4.79 Å². The lowest BCUT2D eigenvalue weighted by atomic mass is 10.2. The molecule has 112 valence electrons. The van der Waals surface area contributed by atoms with Crippen molar-refractivity contribution in [2.75, 3.05) is 16.8 Å². The number of halogens is 1. The Kier molecular flexibility index (Phi) is 5.52. The molecule has 1 heterocycles. The number of hydrogen-bond donors (Lipinski definition) is 2. The molecule has 1 amide bonds. The van der Waals surface area contributed by atoms with E-state index in [1.165, 1.54) is 11.8 Å². The first-order chi connectivity index (χ1) is 10.0. The van der Waals surface area contributed by atoms with Crippen LogP contribution in [0.15, 0.2) is 34.1 Å². The molecule has 0 fully saturated rings. The number of nitrogens with one attached hydrogen (secondary N) is 1. The van der Waals surface area contributed by atoms with Gasteiger partial charge in [-0.1, -0.05) is 23.4 Å². The smallest absolute Gasteiger partial charge is 0.255 e. The molecule has 5 nitrogen and oxygen atoms in total. The zero-order valence-corrected chi connectivity index (χ0v) is 13.1. The molecule has 0 radical (unpaired) electrons. The number of benzene rings is 1. The van der Waals surface area contributed by atoms with Crippen molar-refractivity contribution in [1.29, 1.82) is 0 Å². The van der Waals surface area contributed by atoms with Crippen LogP contribution in [0, 0.1) is 6.92 Å². The number of carbonyl (C=O) groups excluding carboxylic acids is 1. The third kappa shape index (κ3) is 4.99. The van der Waals surface area contributed by atoms with Gasteiger partial charge in [-0.05, 0) is 31.5 Å². The lowest BCUT2D eigenvalue weighted by molar-refractivity contribution is -0.116. The predicted molar refractivity (Wildman–Crippen MR) is 85.7 cm³/mol. The molecule has 0 bridgehead atoms. The van der Waals surface area contributed by atoms with E-state index in [2.05, 4.69) is 10.3 Å². The number of aryl methyl sites for hydroxylation is 1. The van der Waals surface area contributed by atoms with Crippen molar-refractivity contribution in [3.8, 4) is 0 Å². The normalized spacial score (nSPS) is 10.6. The minimum absolute atomic E-state index is 0.0757. The molecule has 0 saturated carbocycles. The number of amides is 1. The van der Waals surface area contributed by atoms with Gasteiger partial charge in [0.05, 0.1) is 17.1 Å². The minimum Gasteiger partial charge on any atom is -0.440 e. The predicted octanol–water partition coefficient (Wildman–Crippen LogP) is 3.73. The first-order valence-electron chi connectivity index (χ1n) is 6.44. The molecule has 0 aliphatic rings. The van der Waals surface area contributed by atoms with E-state index in [-0.39, 0.29) is 5.91 Å². The Bertz CT molecular complexity index is 630. The van der Waals surface area contributed by atoms with Gasteiger partial charge in [0.15, 0.2) is 0 Å². The molecule has 21 heavy (non-hydrogen) atoms. The highest BCUT2D eigenvalue weighted by atomic mass is 35.5. The minimum atomic E-state index is -0.0757. The summed E-state index contributed by atoms with van der Waals surface area (Å²) in [4.78, 5) is 16.0. The fourth-order valence-electron chi connectivity index (χ4n) is 1.65. The highest BCUT2D eigenvalue weighted by Gasteiger charge is 2.07. The number of nitrogens with two attached hydrogens (primary N) is 1. The van der Waals surface area contributed by atoms with Crippen molar-refractivity contribution in [3.63, 3.8) is 0 Å². The zero-order valence-electron chi connectivity index (χ0n) is 11.6. The van der Waals surface area contributed by atoms with Gasteiger partial charge in [-0.2, -0.15) is 0 Å². The Balaban J connectivity index is 1.72. The summed E-state index contributed by atoms with van der Waals surface area (Å²) in [6.45, 7) is 1.87. The maximum atomic E-state index is 11.8. The van der Waals surface area contributed by atoms with Crippen molar-refractivity contribution in [2.45, 2.75) is 25.0 Å². The molecular weight excluding hydrogens is 310 g/mol. The first kappa shape index (κ1) is 15.7. The number of oxazole rings is 1. The van der Waals surface area contributed by atoms with Gasteiger partial charge < -0.3 is 15.5 Å². The van der Waals surface area contributed by atoms with E-state index in [0.717, 1.165) is 17.9 Å². The molecule has 0 spiro atoms. The van der Waals surface area contributed by atoms with E-state index in [9.17, 15) is 4.79 Å². The van der Waals surface area contributed by atoms with Crippen LogP contribution in [-0.4, -0.2) is 16.6 Å². The molecule has 7 heteroatoms. The quantitative estimate of drug-likeness (QED) is 0.480. The summed E-state index contributed by atoms with van der Waals surface area (Å²) in [7, 11) is 0. The van der Waals surface area contributed by atoms with Crippen molar-refractivity contribution in [3.05, 3.63) is 35.2 Å². The molecule has 1 aromatic heterocycles. The van der Waals surface area contributed by atoms with Crippen molar-refractivity contribution in [1.82, 2.24) is 4.98 Å². The van der Waals surface area contributed by atoms with Gasteiger partial charge in [-0.15, -0.1) is 0 Å². The Hall–Kier alpha value is -1.66. The van der Waals surface area contributed by atoms with Gasteiger partial charge >= 0.3 is 0 Å². The monoisotopic (exact) mass is 325 g/mol. The Labute approximate surface area is 132 Å². The second kappa shape index (κ2) is 7.38. The van der Waals surface area contributed by atoms with E-state index in [0.29, 0.717) is 28.0 Å². The van der Waals surface area contributed by atoms with Crippen LogP contribution in [0.4, 0.5) is 11.4 Å². The van der Waals surface area contributed by atoms with E-state index in [4.69, 9.17) is 21.8 Å². The topological polar surface area (TPSA) is 81.2 Å². The fraction of sp³-hybridized carbons (Fsp3) is 0.286. The molecule has 1 aromatic carbocycles. The van der Waals surface area contributed by atoms with Gasteiger partial charge in [-0.25, -0.2) is 4.98 Å². The summed E-state index contributed by atoms with van der Waals surface area (Å²) in [6, 6.07) is 4.99. The Morgan fingerprint density at radius 3 is 3.00 bits per heavy atom. The van der Waals surface area contributed by atoms with E-state index in [1.807, 2.05) is 6.92 Å². The number of anilines is 2. The van der Waals surface area contributed by atoms with Crippen LogP contribution in [0.1, 0.15) is 18.5 Å². The molecule has 0 saturated heterocycles. The summed E-state index contributed by atoms with van der Waals surface area (Å²) >= 11 is 7.30. The van der Waals surface area contributed by atoms with Crippen LogP contribution in [0.25, 0.3) is 0 Å². The van der Waals surface area contributed by atoms with Crippen LogP contribution in [0.5, 0.6) is 0 Å². The molecule has 2 aromatic rings. The molecular formula is C14H16ClN3O2S. The van der Waals surface area contributed by atoms with Gasteiger partial charge in [0.25, 0.3) is 5.22 Å². The summed E-state index contributed by atoms with van der Waals surface area (Å²) in [5.74, 6) is 0.692. The molecule has 2 rings (SSSR count). The highest BCUT2D eigenvalue weighted by Crippen LogP contribution is 2.23. The highest BCUT2D eigenvalue weighted by molar-refractivity contribution is 7.99. The SMILES string of the molecule is Cc1coc(SCCCC(=O)Nc2ccc(Cl)cc2N)n1. The zero-order chi connectivity index (χ0) is 15.2. The molecule has 3 N–H and O–H groups in total. The number of nitrogen functional groups attached to an aromatic ring is 1. The summed E-state index contributed by atoms with van der Waals surface area (Å²) in [5.41, 5.74) is 7.68. The van der Waals surface area contributed by atoms with Crippen LogP contribution in [0.2, 0.25) is 5.02 Å². The third-order valence-corrected chi connectivity index (χ3v) is 3.82. The molecule has 0 atom stereocenters. The maximum absolute atomic E-state index is 11.8. The largest absolute Gasteiger partial charge is 0.440 e. The second-order valence-electron chi connectivity index (χ2n) is 4.49. The number of aromatic nitrogens is 1. The van der Waals surface area contributed by atoms with Crippen molar-refractivity contribution >= 4 is 40.6 Å². The maximum Gasteiger partial charge on any atom is 0.255 e.